The van der Waals surface area contributed by atoms with E-state index in [9.17, 15) is 0 Å². The summed E-state index contributed by atoms with van der Waals surface area (Å²) < 4.78 is 5.27. The molecule has 0 aromatic heterocycles. The minimum Gasteiger partial charge on any atom is -0.495 e. The maximum Gasteiger partial charge on any atom is 0.143 e. The highest BCUT2D eigenvalue weighted by Crippen LogP contribution is 2.31. The lowest BCUT2D eigenvalue weighted by molar-refractivity contribution is 0.414. The fraction of sp³-hybridized carbons (Fsp3) is 0.571. The fourth-order valence-electron chi connectivity index (χ4n) is 2.60. The van der Waals surface area contributed by atoms with Crippen LogP contribution >= 0.6 is 0 Å². The summed E-state index contributed by atoms with van der Waals surface area (Å²) in [6, 6.07) is 6.70. The van der Waals surface area contributed by atoms with Crippen LogP contribution in [0.5, 0.6) is 5.75 Å². The number of methoxy groups -OCH3 is 1. The molecule has 2 rings (SSSR count). The third kappa shape index (κ3) is 2.65. The molecule has 1 saturated carbocycles. The van der Waals surface area contributed by atoms with E-state index in [2.05, 4.69) is 18.0 Å². The molecule has 1 aliphatic carbocycles. The normalized spacial score (nSPS) is 16.8. The van der Waals surface area contributed by atoms with Gasteiger partial charge in [-0.15, -0.1) is 0 Å². The molecule has 0 unspecified atom stereocenters. The van der Waals surface area contributed by atoms with E-state index in [1.54, 1.807) is 7.11 Å². The summed E-state index contributed by atoms with van der Waals surface area (Å²) in [4.78, 5) is 2.36. The topological polar surface area (TPSA) is 38.5 Å². The maximum absolute atomic E-state index is 5.84. The molecule has 0 saturated heterocycles. The van der Waals surface area contributed by atoms with E-state index in [-0.39, 0.29) is 0 Å². The van der Waals surface area contributed by atoms with Crippen LogP contribution in [0.15, 0.2) is 18.2 Å². The Morgan fingerprint density at radius 2 is 1.94 bits per heavy atom. The molecule has 3 heteroatoms. The molecule has 0 bridgehead atoms. The van der Waals surface area contributed by atoms with Gasteiger partial charge >= 0.3 is 0 Å². The van der Waals surface area contributed by atoms with Crippen LogP contribution in [-0.4, -0.2) is 20.2 Å². The highest BCUT2D eigenvalue weighted by atomic mass is 16.5. The number of hydrogen-bond donors (Lipinski definition) is 1. The van der Waals surface area contributed by atoms with Crippen LogP contribution in [0, 0.1) is 0 Å². The number of anilines is 2. The Hall–Kier alpha value is -1.38. The molecule has 0 aliphatic heterocycles. The fourth-order valence-corrected chi connectivity index (χ4v) is 2.60. The second kappa shape index (κ2) is 5.30. The minimum atomic E-state index is 0.664. The van der Waals surface area contributed by atoms with Crippen molar-refractivity contribution in [2.75, 3.05) is 24.8 Å². The number of nitrogens with zero attached hydrogens (tertiary/aromatic N) is 1. The summed E-state index contributed by atoms with van der Waals surface area (Å²) in [5.74, 6) is 0.769. The van der Waals surface area contributed by atoms with Crippen molar-refractivity contribution in [1.82, 2.24) is 0 Å². The molecular formula is C14H22N2O. The Balaban J connectivity index is 2.15. The molecule has 1 aromatic rings. The summed E-state index contributed by atoms with van der Waals surface area (Å²) in [6.07, 6.45) is 6.67. The molecule has 1 fully saturated rings. The number of nitrogen functional groups attached to an aromatic ring is 1. The van der Waals surface area contributed by atoms with Gasteiger partial charge < -0.3 is 15.4 Å². The van der Waals surface area contributed by atoms with Crippen LogP contribution in [0.1, 0.15) is 32.1 Å². The summed E-state index contributed by atoms with van der Waals surface area (Å²) >= 11 is 0. The van der Waals surface area contributed by atoms with Crippen molar-refractivity contribution in [2.24, 2.45) is 0 Å². The van der Waals surface area contributed by atoms with E-state index in [1.165, 1.54) is 37.8 Å². The Bertz CT molecular complexity index is 372. The lowest BCUT2D eigenvalue weighted by Gasteiger charge is -2.33. The van der Waals surface area contributed by atoms with Crippen molar-refractivity contribution in [1.29, 1.82) is 0 Å². The van der Waals surface area contributed by atoms with Crippen molar-refractivity contribution >= 4 is 11.4 Å². The standard InChI is InChI=1S/C14H22N2O/c1-16(11-6-4-3-5-7-11)12-8-9-13(15)14(10-12)17-2/h8-11H,3-7,15H2,1-2H3. The SMILES string of the molecule is COc1cc(N(C)C2CCCCC2)ccc1N. The van der Waals surface area contributed by atoms with Crippen LogP contribution in [-0.2, 0) is 0 Å². The molecule has 0 spiro atoms. The first-order valence-electron chi connectivity index (χ1n) is 6.38. The van der Waals surface area contributed by atoms with Gasteiger partial charge in [0.2, 0.25) is 0 Å². The maximum atomic E-state index is 5.84. The Morgan fingerprint density at radius 1 is 1.24 bits per heavy atom. The molecule has 0 radical (unpaired) electrons. The van der Waals surface area contributed by atoms with Gasteiger partial charge in [0.1, 0.15) is 5.75 Å². The van der Waals surface area contributed by atoms with Gasteiger partial charge in [0.05, 0.1) is 12.8 Å². The van der Waals surface area contributed by atoms with Gasteiger partial charge in [-0.25, -0.2) is 0 Å². The van der Waals surface area contributed by atoms with Crippen molar-refractivity contribution in [3.05, 3.63) is 18.2 Å². The zero-order chi connectivity index (χ0) is 12.3. The number of nitrogens with two attached hydrogens (primary N) is 1. The second-order valence-corrected chi connectivity index (χ2v) is 4.83. The average Bonchev–Trinajstić information content (AvgIpc) is 2.39. The summed E-state index contributed by atoms with van der Waals surface area (Å²) in [7, 11) is 3.83. The third-order valence-electron chi connectivity index (χ3n) is 3.75. The van der Waals surface area contributed by atoms with E-state index in [4.69, 9.17) is 10.5 Å². The number of ether oxygens (including phenoxy) is 1. The predicted octanol–water partition coefficient (Wildman–Crippen LogP) is 3.05. The van der Waals surface area contributed by atoms with Crippen LogP contribution < -0.4 is 15.4 Å². The smallest absolute Gasteiger partial charge is 0.143 e. The van der Waals surface area contributed by atoms with Crippen molar-refractivity contribution in [3.8, 4) is 5.75 Å². The monoisotopic (exact) mass is 234 g/mol. The quantitative estimate of drug-likeness (QED) is 0.817. The van der Waals surface area contributed by atoms with Gasteiger partial charge in [0.25, 0.3) is 0 Å². The molecule has 2 N–H and O–H groups in total. The van der Waals surface area contributed by atoms with Crippen LogP contribution in [0.3, 0.4) is 0 Å². The Kier molecular flexibility index (Phi) is 3.77. The average molecular weight is 234 g/mol. The molecule has 0 heterocycles. The van der Waals surface area contributed by atoms with Crippen LogP contribution in [0.4, 0.5) is 11.4 Å². The van der Waals surface area contributed by atoms with Crippen LogP contribution in [0.2, 0.25) is 0 Å². The zero-order valence-corrected chi connectivity index (χ0v) is 10.8. The van der Waals surface area contributed by atoms with Gasteiger partial charge in [0, 0.05) is 24.8 Å². The molecule has 1 aromatic carbocycles. The van der Waals surface area contributed by atoms with E-state index in [0.717, 1.165) is 5.75 Å². The summed E-state index contributed by atoms with van der Waals surface area (Å²) in [5.41, 5.74) is 7.73. The van der Waals surface area contributed by atoms with Crippen LogP contribution in [0.25, 0.3) is 0 Å². The number of rotatable bonds is 3. The predicted molar refractivity (Wildman–Crippen MR) is 72.7 cm³/mol. The number of hydrogen-bond acceptors (Lipinski definition) is 3. The lowest BCUT2D eigenvalue weighted by atomic mass is 9.94. The Labute approximate surface area is 104 Å². The van der Waals surface area contributed by atoms with Gasteiger partial charge in [-0.2, -0.15) is 0 Å². The first-order valence-corrected chi connectivity index (χ1v) is 6.38. The molecular weight excluding hydrogens is 212 g/mol. The molecule has 94 valence electrons. The molecule has 3 nitrogen and oxygen atoms in total. The van der Waals surface area contributed by atoms with Gasteiger partial charge in [-0.1, -0.05) is 19.3 Å². The molecule has 0 atom stereocenters. The highest BCUT2D eigenvalue weighted by molar-refractivity contribution is 5.62. The number of benzene rings is 1. The van der Waals surface area contributed by atoms with Gasteiger partial charge in [-0.05, 0) is 25.0 Å². The van der Waals surface area contributed by atoms with E-state index < -0.39 is 0 Å². The van der Waals surface area contributed by atoms with Gasteiger partial charge in [0.15, 0.2) is 0 Å². The van der Waals surface area contributed by atoms with Crippen molar-refractivity contribution in [3.63, 3.8) is 0 Å². The second-order valence-electron chi connectivity index (χ2n) is 4.83. The van der Waals surface area contributed by atoms with E-state index in [1.807, 2.05) is 12.1 Å². The minimum absolute atomic E-state index is 0.664. The molecule has 0 amide bonds. The van der Waals surface area contributed by atoms with E-state index >= 15 is 0 Å². The third-order valence-corrected chi connectivity index (χ3v) is 3.75. The van der Waals surface area contributed by atoms with Crippen molar-refractivity contribution < 1.29 is 4.74 Å². The first-order chi connectivity index (χ1) is 8.22. The first kappa shape index (κ1) is 12.1. The lowest BCUT2D eigenvalue weighted by Crippen LogP contribution is -2.33. The summed E-state index contributed by atoms with van der Waals surface area (Å²) in [6.45, 7) is 0. The molecule has 1 aliphatic rings. The zero-order valence-electron chi connectivity index (χ0n) is 10.8. The largest absolute Gasteiger partial charge is 0.495 e. The highest BCUT2D eigenvalue weighted by Gasteiger charge is 2.18. The van der Waals surface area contributed by atoms with Gasteiger partial charge in [-0.3, -0.25) is 0 Å². The van der Waals surface area contributed by atoms with Crippen molar-refractivity contribution in [2.45, 2.75) is 38.1 Å². The summed E-state index contributed by atoms with van der Waals surface area (Å²) in [5, 5.41) is 0. The van der Waals surface area contributed by atoms with E-state index in [0.29, 0.717) is 11.7 Å². The Morgan fingerprint density at radius 3 is 2.59 bits per heavy atom. The molecule has 17 heavy (non-hydrogen) atoms.